The standard InChI is InChI=1S/C16H19NOS/c1-11-7-8-16(12(2)9-11)19-10-14-13-5-3-4-6-15(13)18-17-14/h7-9H,3-6,10H2,1-2H3. The summed E-state index contributed by atoms with van der Waals surface area (Å²) in [5.74, 6) is 2.05. The molecule has 19 heavy (non-hydrogen) atoms. The molecule has 0 radical (unpaired) electrons. The average Bonchev–Trinajstić information content (AvgIpc) is 2.81. The number of nitrogens with zero attached hydrogens (tertiary/aromatic N) is 1. The van der Waals surface area contributed by atoms with Gasteiger partial charge in [-0.05, 0) is 44.7 Å². The third-order valence-electron chi connectivity index (χ3n) is 3.73. The van der Waals surface area contributed by atoms with Gasteiger partial charge < -0.3 is 4.52 Å². The second kappa shape index (κ2) is 5.41. The second-order valence-electron chi connectivity index (χ2n) is 5.30. The molecule has 3 heteroatoms. The minimum Gasteiger partial charge on any atom is -0.361 e. The monoisotopic (exact) mass is 273 g/mol. The van der Waals surface area contributed by atoms with E-state index in [2.05, 4.69) is 37.2 Å². The highest BCUT2D eigenvalue weighted by molar-refractivity contribution is 7.98. The fraction of sp³-hybridized carbons (Fsp3) is 0.438. The van der Waals surface area contributed by atoms with Crippen LogP contribution in [0.1, 0.15) is 41.0 Å². The molecule has 0 atom stereocenters. The molecule has 0 bridgehead atoms. The molecule has 3 rings (SSSR count). The maximum absolute atomic E-state index is 5.46. The number of hydrogen-bond donors (Lipinski definition) is 0. The highest BCUT2D eigenvalue weighted by Gasteiger charge is 2.19. The molecule has 1 aliphatic rings. The molecule has 2 aromatic rings. The molecule has 1 aliphatic carbocycles. The van der Waals surface area contributed by atoms with E-state index >= 15 is 0 Å². The van der Waals surface area contributed by atoms with Gasteiger partial charge in [-0.2, -0.15) is 0 Å². The van der Waals surface area contributed by atoms with Crippen molar-refractivity contribution in [1.29, 1.82) is 0 Å². The first kappa shape index (κ1) is 12.8. The molecule has 0 aliphatic heterocycles. The minimum atomic E-state index is 0.919. The molecule has 1 heterocycles. The van der Waals surface area contributed by atoms with E-state index in [-0.39, 0.29) is 0 Å². The molecule has 0 amide bonds. The molecule has 0 saturated heterocycles. The second-order valence-corrected chi connectivity index (χ2v) is 6.31. The van der Waals surface area contributed by atoms with Gasteiger partial charge in [0.2, 0.25) is 0 Å². The van der Waals surface area contributed by atoms with Crippen LogP contribution < -0.4 is 0 Å². The van der Waals surface area contributed by atoms with Crippen LogP contribution in [0, 0.1) is 13.8 Å². The van der Waals surface area contributed by atoms with E-state index in [1.165, 1.54) is 34.4 Å². The topological polar surface area (TPSA) is 26.0 Å². The van der Waals surface area contributed by atoms with Crippen molar-refractivity contribution in [2.75, 3.05) is 0 Å². The SMILES string of the molecule is Cc1ccc(SCc2noc3c2CCCC3)c(C)c1. The summed E-state index contributed by atoms with van der Waals surface area (Å²) in [6.07, 6.45) is 4.72. The van der Waals surface area contributed by atoms with Gasteiger partial charge in [0.15, 0.2) is 0 Å². The Morgan fingerprint density at radius 1 is 1.21 bits per heavy atom. The number of aryl methyl sites for hydroxylation is 3. The molecular weight excluding hydrogens is 254 g/mol. The summed E-state index contributed by atoms with van der Waals surface area (Å²) < 4.78 is 5.46. The van der Waals surface area contributed by atoms with E-state index < -0.39 is 0 Å². The van der Waals surface area contributed by atoms with Crippen molar-refractivity contribution in [3.8, 4) is 0 Å². The van der Waals surface area contributed by atoms with Crippen molar-refractivity contribution in [3.05, 3.63) is 46.3 Å². The van der Waals surface area contributed by atoms with E-state index in [4.69, 9.17) is 4.52 Å². The van der Waals surface area contributed by atoms with Crippen molar-refractivity contribution < 1.29 is 4.52 Å². The first-order chi connectivity index (χ1) is 9.24. The van der Waals surface area contributed by atoms with Crippen LogP contribution in [0.25, 0.3) is 0 Å². The van der Waals surface area contributed by atoms with E-state index in [0.717, 1.165) is 30.0 Å². The number of rotatable bonds is 3. The van der Waals surface area contributed by atoms with Gasteiger partial charge >= 0.3 is 0 Å². The first-order valence-electron chi connectivity index (χ1n) is 6.90. The number of fused-ring (bicyclic) bond motifs is 1. The van der Waals surface area contributed by atoms with Crippen molar-refractivity contribution in [2.45, 2.75) is 50.2 Å². The number of hydrogen-bond acceptors (Lipinski definition) is 3. The van der Waals surface area contributed by atoms with Crippen LogP contribution in [0.3, 0.4) is 0 Å². The summed E-state index contributed by atoms with van der Waals surface area (Å²) >= 11 is 1.86. The van der Waals surface area contributed by atoms with Crippen LogP contribution in [-0.2, 0) is 18.6 Å². The highest BCUT2D eigenvalue weighted by atomic mass is 32.2. The summed E-state index contributed by atoms with van der Waals surface area (Å²) in [7, 11) is 0. The first-order valence-corrected chi connectivity index (χ1v) is 7.89. The van der Waals surface area contributed by atoms with E-state index in [1.54, 1.807) is 0 Å². The van der Waals surface area contributed by atoms with Gasteiger partial charge in [0, 0.05) is 22.6 Å². The lowest BCUT2D eigenvalue weighted by Gasteiger charge is -2.09. The fourth-order valence-electron chi connectivity index (χ4n) is 2.67. The summed E-state index contributed by atoms with van der Waals surface area (Å²) in [4.78, 5) is 1.35. The maximum Gasteiger partial charge on any atom is 0.140 e. The fourth-order valence-corrected chi connectivity index (χ4v) is 3.64. The Morgan fingerprint density at radius 3 is 2.89 bits per heavy atom. The largest absolute Gasteiger partial charge is 0.361 e. The Hall–Kier alpha value is -1.22. The molecule has 0 unspecified atom stereocenters. The lowest BCUT2D eigenvalue weighted by Crippen LogP contribution is -2.01. The van der Waals surface area contributed by atoms with Crippen LogP contribution in [-0.4, -0.2) is 5.16 Å². The molecule has 2 nitrogen and oxygen atoms in total. The van der Waals surface area contributed by atoms with Crippen LogP contribution in [0.5, 0.6) is 0 Å². The van der Waals surface area contributed by atoms with Crippen molar-refractivity contribution >= 4 is 11.8 Å². The normalized spacial score (nSPS) is 14.4. The molecule has 0 saturated carbocycles. The van der Waals surface area contributed by atoms with E-state index in [0.29, 0.717) is 0 Å². The number of thioether (sulfide) groups is 1. The van der Waals surface area contributed by atoms with Gasteiger partial charge in [0.25, 0.3) is 0 Å². The smallest absolute Gasteiger partial charge is 0.140 e. The molecule has 1 aromatic carbocycles. The van der Waals surface area contributed by atoms with Crippen molar-refractivity contribution in [2.24, 2.45) is 0 Å². The predicted molar refractivity (Wildman–Crippen MR) is 78.6 cm³/mol. The van der Waals surface area contributed by atoms with Crippen molar-refractivity contribution in [1.82, 2.24) is 5.16 Å². The zero-order valence-corrected chi connectivity index (χ0v) is 12.3. The summed E-state index contributed by atoms with van der Waals surface area (Å²) in [5, 5.41) is 4.26. The third-order valence-corrected chi connectivity index (χ3v) is 4.91. The Morgan fingerprint density at radius 2 is 2.05 bits per heavy atom. The Labute approximate surface area is 118 Å². The van der Waals surface area contributed by atoms with Crippen LogP contribution >= 0.6 is 11.8 Å². The van der Waals surface area contributed by atoms with E-state index in [1.807, 2.05) is 11.8 Å². The quantitative estimate of drug-likeness (QED) is 0.772. The van der Waals surface area contributed by atoms with Gasteiger partial charge in [-0.15, -0.1) is 11.8 Å². The Balaban J connectivity index is 1.74. The highest BCUT2D eigenvalue weighted by Crippen LogP contribution is 2.31. The average molecular weight is 273 g/mol. The van der Waals surface area contributed by atoms with Gasteiger partial charge in [-0.25, -0.2) is 0 Å². The van der Waals surface area contributed by atoms with Gasteiger partial charge in [0.05, 0.1) is 5.69 Å². The minimum absolute atomic E-state index is 0.919. The predicted octanol–water partition coefficient (Wildman–Crippen LogP) is 4.46. The molecule has 0 fully saturated rings. The summed E-state index contributed by atoms with van der Waals surface area (Å²) in [5.41, 5.74) is 5.20. The van der Waals surface area contributed by atoms with E-state index in [9.17, 15) is 0 Å². The van der Waals surface area contributed by atoms with Crippen LogP contribution in [0.15, 0.2) is 27.6 Å². The third kappa shape index (κ3) is 2.71. The van der Waals surface area contributed by atoms with Crippen LogP contribution in [0.2, 0.25) is 0 Å². The molecular formula is C16H19NOS. The number of aromatic nitrogens is 1. The van der Waals surface area contributed by atoms with Crippen LogP contribution in [0.4, 0.5) is 0 Å². The zero-order chi connectivity index (χ0) is 13.2. The van der Waals surface area contributed by atoms with Gasteiger partial charge in [-0.3, -0.25) is 0 Å². The summed E-state index contributed by atoms with van der Waals surface area (Å²) in [6, 6.07) is 6.62. The maximum atomic E-state index is 5.46. The Kier molecular flexibility index (Phi) is 3.65. The zero-order valence-electron chi connectivity index (χ0n) is 11.5. The van der Waals surface area contributed by atoms with Gasteiger partial charge in [-0.1, -0.05) is 22.9 Å². The summed E-state index contributed by atoms with van der Waals surface area (Å²) in [6.45, 7) is 4.31. The molecule has 1 aromatic heterocycles. The van der Waals surface area contributed by atoms with Crippen molar-refractivity contribution in [3.63, 3.8) is 0 Å². The Bertz CT molecular complexity index is 588. The molecule has 0 spiro atoms. The lowest BCUT2D eigenvalue weighted by molar-refractivity contribution is 0.369. The molecule has 0 N–H and O–H groups in total. The van der Waals surface area contributed by atoms with Gasteiger partial charge in [0.1, 0.15) is 5.76 Å². The number of benzene rings is 1. The lowest BCUT2D eigenvalue weighted by atomic mass is 9.97. The molecule has 100 valence electrons.